The Labute approximate surface area is 174 Å². The molecule has 1 atom stereocenters. The van der Waals surface area contributed by atoms with E-state index < -0.39 is 0 Å². The van der Waals surface area contributed by atoms with Gasteiger partial charge in [0.1, 0.15) is 0 Å². The number of nitrogens with one attached hydrogen (secondary N) is 1. The molecule has 1 aliphatic heterocycles. The molecule has 2 aromatic rings. The molecule has 1 amide bonds. The van der Waals surface area contributed by atoms with Crippen LogP contribution in [0.1, 0.15) is 28.2 Å². The van der Waals surface area contributed by atoms with E-state index in [1.165, 1.54) is 18.9 Å². The molecule has 29 heavy (non-hydrogen) atoms. The molecule has 8 heteroatoms. The minimum absolute atomic E-state index is 0.0599. The zero-order chi connectivity index (χ0) is 20.6. The van der Waals surface area contributed by atoms with E-state index in [2.05, 4.69) is 16.3 Å². The molecule has 1 N–H and O–H groups in total. The fourth-order valence-corrected chi connectivity index (χ4v) is 4.05. The number of ketones is 1. The Balaban J connectivity index is 1.56. The molecule has 7 nitrogen and oxygen atoms in total. The van der Waals surface area contributed by atoms with E-state index in [9.17, 15) is 9.59 Å². The predicted molar refractivity (Wildman–Crippen MR) is 111 cm³/mol. The summed E-state index contributed by atoms with van der Waals surface area (Å²) in [7, 11) is 1.50. The molecule has 1 aromatic heterocycles. The van der Waals surface area contributed by atoms with Gasteiger partial charge in [0, 0.05) is 30.1 Å². The highest BCUT2D eigenvalue weighted by atomic mass is 32.1. The first-order chi connectivity index (χ1) is 14.1. The van der Waals surface area contributed by atoms with Crippen LogP contribution >= 0.6 is 11.3 Å². The monoisotopic (exact) mass is 418 g/mol. The predicted octanol–water partition coefficient (Wildman–Crippen LogP) is 2.53. The second kappa shape index (κ2) is 10.4. The summed E-state index contributed by atoms with van der Waals surface area (Å²) >= 11 is 1.69. The summed E-state index contributed by atoms with van der Waals surface area (Å²) in [5.41, 5.74) is 0.531. The first kappa shape index (κ1) is 21.3. The molecule has 0 aliphatic carbocycles. The quantitative estimate of drug-likeness (QED) is 0.631. The van der Waals surface area contributed by atoms with Crippen LogP contribution in [0.2, 0.25) is 0 Å². The van der Waals surface area contributed by atoms with Gasteiger partial charge < -0.3 is 19.5 Å². The van der Waals surface area contributed by atoms with Gasteiger partial charge in [-0.15, -0.1) is 11.3 Å². The highest BCUT2D eigenvalue weighted by Gasteiger charge is 2.24. The average molecular weight is 419 g/mol. The summed E-state index contributed by atoms with van der Waals surface area (Å²) in [6, 6.07) is 9.15. The number of amides is 1. The number of hydrogen-bond acceptors (Lipinski definition) is 7. The average Bonchev–Trinajstić information content (AvgIpc) is 3.27. The van der Waals surface area contributed by atoms with Crippen LogP contribution in [-0.4, -0.2) is 63.2 Å². The third kappa shape index (κ3) is 5.79. The number of benzene rings is 1. The minimum Gasteiger partial charge on any atom is -0.493 e. The number of carbonyl (C=O) groups is 2. The van der Waals surface area contributed by atoms with E-state index in [1.807, 2.05) is 11.4 Å². The summed E-state index contributed by atoms with van der Waals surface area (Å²) in [5.74, 6) is 0.582. The van der Waals surface area contributed by atoms with Crippen LogP contribution in [0.5, 0.6) is 11.5 Å². The van der Waals surface area contributed by atoms with Gasteiger partial charge in [0.25, 0.3) is 5.91 Å². The number of methoxy groups -OCH3 is 1. The van der Waals surface area contributed by atoms with Crippen molar-refractivity contribution in [1.29, 1.82) is 0 Å². The molecule has 2 heterocycles. The molecular weight excluding hydrogens is 392 g/mol. The second-order valence-corrected chi connectivity index (χ2v) is 7.67. The van der Waals surface area contributed by atoms with Gasteiger partial charge in [-0.25, -0.2) is 0 Å². The van der Waals surface area contributed by atoms with Crippen LogP contribution in [0, 0.1) is 0 Å². The summed E-state index contributed by atoms with van der Waals surface area (Å²) in [6.07, 6.45) is 0. The Hall–Kier alpha value is -2.42. The van der Waals surface area contributed by atoms with E-state index in [0.29, 0.717) is 36.8 Å². The summed E-state index contributed by atoms with van der Waals surface area (Å²) in [6.45, 7) is 4.95. The summed E-state index contributed by atoms with van der Waals surface area (Å²) < 4.78 is 16.3. The van der Waals surface area contributed by atoms with Gasteiger partial charge in [-0.2, -0.15) is 0 Å². The number of rotatable bonds is 9. The zero-order valence-electron chi connectivity index (χ0n) is 16.7. The molecule has 1 fully saturated rings. The standard InChI is InChI=1S/C21H26N2O5S/c1-15(24)16-5-6-18(19(12-16)26-2)28-14-21(25)22-13-17(20-4-3-11-29-20)23-7-9-27-10-8-23/h3-6,11-12,17H,7-10,13-14H2,1-2H3,(H,22,25)/t17-/m0/s1. The highest BCUT2D eigenvalue weighted by Crippen LogP contribution is 2.28. The van der Waals surface area contributed by atoms with E-state index >= 15 is 0 Å². The lowest BCUT2D eigenvalue weighted by molar-refractivity contribution is -0.123. The normalized spacial score (nSPS) is 15.5. The first-order valence-corrected chi connectivity index (χ1v) is 10.4. The molecule has 0 spiro atoms. The SMILES string of the molecule is COc1cc(C(C)=O)ccc1OCC(=O)NC[C@@H](c1cccs1)N1CCOCC1. The van der Waals surface area contributed by atoms with Gasteiger partial charge in [0.05, 0.1) is 26.4 Å². The van der Waals surface area contributed by atoms with Gasteiger partial charge >= 0.3 is 0 Å². The molecule has 156 valence electrons. The van der Waals surface area contributed by atoms with Crippen LogP contribution in [-0.2, 0) is 9.53 Å². The summed E-state index contributed by atoms with van der Waals surface area (Å²) in [5, 5.41) is 5.02. The van der Waals surface area contributed by atoms with Crippen molar-refractivity contribution in [2.75, 3.05) is 46.6 Å². The number of Topliss-reactive ketones (excluding diaryl/α,β-unsaturated/α-hetero) is 1. The van der Waals surface area contributed by atoms with Gasteiger partial charge in [0.15, 0.2) is 23.9 Å². The smallest absolute Gasteiger partial charge is 0.258 e. The number of carbonyl (C=O) groups excluding carboxylic acids is 2. The number of nitrogens with zero attached hydrogens (tertiary/aromatic N) is 1. The van der Waals surface area contributed by atoms with E-state index in [-0.39, 0.29) is 24.3 Å². The van der Waals surface area contributed by atoms with Crippen molar-refractivity contribution in [2.45, 2.75) is 13.0 Å². The first-order valence-electron chi connectivity index (χ1n) is 9.52. The van der Waals surface area contributed by atoms with Crippen molar-refractivity contribution in [3.63, 3.8) is 0 Å². The molecule has 1 aliphatic rings. The van der Waals surface area contributed by atoms with Gasteiger partial charge in [-0.1, -0.05) is 6.07 Å². The van der Waals surface area contributed by atoms with Crippen molar-refractivity contribution >= 4 is 23.0 Å². The molecule has 0 radical (unpaired) electrons. The molecular formula is C21H26N2O5S. The third-order valence-corrected chi connectivity index (χ3v) is 5.75. The Morgan fingerprint density at radius 2 is 2.03 bits per heavy atom. The van der Waals surface area contributed by atoms with Gasteiger partial charge in [0.2, 0.25) is 0 Å². The van der Waals surface area contributed by atoms with Crippen LogP contribution in [0.4, 0.5) is 0 Å². The number of ether oxygens (including phenoxy) is 3. The van der Waals surface area contributed by atoms with Crippen molar-refractivity contribution < 1.29 is 23.8 Å². The number of hydrogen-bond donors (Lipinski definition) is 1. The molecule has 1 aromatic carbocycles. The number of morpholine rings is 1. The van der Waals surface area contributed by atoms with Crippen molar-refractivity contribution in [3.05, 3.63) is 46.2 Å². The fourth-order valence-electron chi connectivity index (χ4n) is 3.19. The lowest BCUT2D eigenvalue weighted by atomic mass is 10.1. The molecule has 1 saturated heterocycles. The molecule has 3 rings (SSSR count). The zero-order valence-corrected chi connectivity index (χ0v) is 17.5. The largest absolute Gasteiger partial charge is 0.493 e. The van der Waals surface area contributed by atoms with Crippen molar-refractivity contribution in [1.82, 2.24) is 10.2 Å². The number of thiophene rings is 1. The van der Waals surface area contributed by atoms with Crippen LogP contribution in [0.25, 0.3) is 0 Å². The topological polar surface area (TPSA) is 77.1 Å². The highest BCUT2D eigenvalue weighted by molar-refractivity contribution is 7.10. The van der Waals surface area contributed by atoms with Crippen LogP contribution in [0.3, 0.4) is 0 Å². The Kier molecular flexibility index (Phi) is 7.62. The molecule has 0 unspecified atom stereocenters. The van der Waals surface area contributed by atoms with Crippen LogP contribution in [0.15, 0.2) is 35.7 Å². The fraction of sp³-hybridized carbons (Fsp3) is 0.429. The van der Waals surface area contributed by atoms with E-state index in [4.69, 9.17) is 14.2 Å². The van der Waals surface area contributed by atoms with Crippen molar-refractivity contribution in [2.24, 2.45) is 0 Å². The minimum atomic E-state index is -0.211. The Morgan fingerprint density at radius 1 is 1.24 bits per heavy atom. The maximum Gasteiger partial charge on any atom is 0.258 e. The van der Waals surface area contributed by atoms with E-state index in [0.717, 1.165) is 13.1 Å². The van der Waals surface area contributed by atoms with Crippen molar-refractivity contribution in [3.8, 4) is 11.5 Å². The van der Waals surface area contributed by atoms with Gasteiger partial charge in [-0.05, 0) is 36.6 Å². The maximum atomic E-state index is 12.4. The second-order valence-electron chi connectivity index (χ2n) is 6.69. The Morgan fingerprint density at radius 3 is 2.69 bits per heavy atom. The van der Waals surface area contributed by atoms with Gasteiger partial charge in [-0.3, -0.25) is 14.5 Å². The summed E-state index contributed by atoms with van der Waals surface area (Å²) in [4.78, 5) is 27.4. The Bertz CT molecular complexity index is 818. The lowest BCUT2D eigenvalue weighted by Crippen LogP contribution is -2.44. The third-order valence-electron chi connectivity index (χ3n) is 4.78. The maximum absolute atomic E-state index is 12.4. The lowest BCUT2D eigenvalue weighted by Gasteiger charge is -2.34. The molecule has 0 bridgehead atoms. The molecule has 0 saturated carbocycles. The van der Waals surface area contributed by atoms with Crippen LogP contribution < -0.4 is 14.8 Å². The van der Waals surface area contributed by atoms with E-state index in [1.54, 1.807) is 29.5 Å².